The van der Waals surface area contributed by atoms with Gasteiger partial charge in [0.2, 0.25) is 0 Å². The van der Waals surface area contributed by atoms with Crippen LogP contribution in [-0.4, -0.2) is 24.8 Å². The Labute approximate surface area is 147 Å². The van der Waals surface area contributed by atoms with Crippen molar-refractivity contribution in [3.05, 3.63) is 63.9 Å². The van der Waals surface area contributed by atoms with Crippen LogP contribution in [0, 0.1) is 24.1 Å². The summed E-state index contributed by atoms with van der Waals surface area (Å²) in [7, 11) is 1.93. The molecule has 2 rings (SSSR count). The van der Waals surface area contributed by atoms with Crippen molar-refractivity contribution in [1.82, 2.24) is 4.90 Å². The first-order valence-electron chi connectivity index (χ1n) is 7.65. The summed E-state index contributed by atoms with van der Waals surface area (Å²) < 4.78 is 13.1. The van der Waals surface area contributed by atoms with Crippen LogP contribution in [-0.2, 0) is 0 Å². The molecule has 0 N–H and O–H groups in total. The molecule has 1 unspecified atom stereocenters. The second-order valence-electron chi connectivity index (χ2n) is 5.59. The van der Waals surface area contributed by atoms with Gasteiger partial charge in [-0.05, 0) is 54.8 Å². The molecule has 0 saturated heterocycles. The smallest absolute Gasteiger partial charge is 0.123 e. The van der Waals surface area contributed by atoms with Crippen molar-refractivity contribution >= 4 is 23.6 Å². The molecule has 24 heavy (non-hydrogen) atoms. The molecule has 0 heterocycles. The lowest BCUT2D eigenvalue weighted by atomic mass is 9.89. The predicted octanol–water partition coefficient (Wildman–Crippen LogP) is 5.05. The molecular weight excluding hydrogens is 325 g/mol. The zero-order valence-electron chi connectivity index (χ0n) is 13.9. The fourth-order valence-corrected chi connectivity index (χ4v) is 2.53. The van der Waals surface area contributed by atoms with Crippen molar-refractivity contribution in [1.29, 1.82) is 5.26 Å². The minimum atomic E-state index is -0.501. The summed E-state index contributed by atoms with van der Waals surface area (Å²) in [5.74, 6) is -0.825. The third-order valence-corrected chi connectivity index (χ3v) is 4.17. The van der Waals surface area contributed by atoms with Crippen molar-refractivity contribution in [2.75, 3.05) is 13.6 Å². The number of aryl methyl sites for hydroxylation is 1. The van der Waals surface area contributed by atoms with Gasteiger partial charge < -0.3 is 4.90 Å². The molecule has 0 aliphatic carbocycles. The summed E-state index contributed by atoms with van der Waals surface area (Å²) >= 11 is 6.34. The highest BCUT2D eigenvalue weighted by Crippen LogP contribution is 2.34. The van der Waals surface area contributed by atoms with Crippen LogP contribution in [0.4, 0.5) is 10.1 Å². The fraction of sp³-hybridized carbons (Fsp3) is 0.263. The van der Waals surface area contributed by atoms with Gasteiger partial charge in [0.1, 0.15) is 5.82 Å². The van der Waals surface area contributed by atoms with Gasteiger partial charge in [-0.2, -0.15) is 5.26 Å². The van der Waals surface area contributed by atoms with Crippen LogP contribution in [0.25, 0.3) is 0 Å². The summed E-state index contributed by atoms with van der Waals surface area (Å²) in [6, 6.07) is 11.9. The largest absolute Gasteiger partial charge is 0.366 e. The second kappa shape index (κ2) is 7.94. The molecular formula is C19H19ClFN3. The van der Waals surface area contributed by atoms with Gasteiger partial charge in [-0.15, -0.1) is 0 Å². The van der Waals surface area contributed by atoms with E-state index < -0.39 is 5.92 Å². The molecule has 0 aliphatic heterocycles. The van der Waals surface area contributed by atoms with E-state index in [1.165, 1.54) is 12.1 Å². The Bertz CT molecular complexity index is 778. The minimum absolute atomic E-state index is 0.324. The number of nitrogens with zero attached hydrogens (tertiary/aromatic N) is 3. The van der Waals surface area contributed by atoms with Gasteiger partial charge in [0.05, 0.1) is 29.0 Å². The monoisotopic (exact) mass is 343 g/mol. The third-order valence-electron chi connectivity index (χ3n) is 3.87. The highest BCUT2D eigenvalue weighted by atomic mass is 35.5. The number of nitriles is 1. The van der Waals surface area contributed by atoms with E-state index in [-0.39, 0.29) is 5.82 Å². The van der Waals surface area contributed by atoms with Crippen molar-refractivity contribution in [2.45, 2.75) is 19.8 Å². The predicted molar refractivity (Wildman–Crippen MR) is 96.5 cm³/mol. The van der Waals surface area contributed by atoms with E-state index in [4.69, 9.17) is 11.6 Å². The minimum Gasteiger partial charge on any atom is -0.366 e. The van der Waals surface area contributed by atoms with Crippen LogP contribution >= 0.6 is 11.6 Å². The Morgan fingerprint density at radius 2 is 2.00 bits per heavy atom. The van der Waals surface area contributed by atoms with Crippen molar-refractivity contribution in [2.24, 2.45) is 4.99 Å². The van der Waals surface area contributed by atoms with E-state index in [2.05, 4.69) is 11.1 Å². The average molecular weight is 344 g/mol. The summed E-state index contributed by atoms with van der Waals surface area (Å²) in [6.07, 6.45) is 1.72. The number of hydrogen-bond acceptors (Lipinski definition) is 2. The number of rotatable bonds is 5. The molecule has 0 aliphatic rings. The molecule has 0 amide bonds. The van der Waals surface area contributed by atoms with E-state index in [0.29, 0.717) is 10.7 Å². The highest BCUT2D eigenvalue weighted by molar-refractivity contribution is 6.33. The number of halogens is 2. The molecule has 0 bridgehead atoms. The molecule has 2 aromatic carbocycles. The maximum atomic E-state index is 13.1. The van der Waals surface area contributed by atoms with E-state index in [9.17, 15) is 9.65 Å². The van der Waals surface area contributed by atoms with Crippen molar-refractivity contribution in [3.8, 4) is 6.07 Å². The van der Waals surface area contributed by atoms with Crippen LogP contribution in [0.3, 0.4) is 0 Å². The first-order chi connectivity index (χ1) is 11.5. The normalized spacial score (nSPS) is 12.2. The SMILES string of the molecule is CCN(C)/C=N\c1cc(C)c(C(C#N)c2ccc(F)cc2)cc1Cl. The fourth-order valence-electron chi connectivity index (χ4n) is 2.31. The molecule has 1 atom stereocenters. The van der Waals surface area contributed by atoms with E-state index >= 15 is 0 Å². The number of benzene rings is 2. The molecule has 0 spiro atoms. The van der Waals surface area contributed by atoms with Crippen LogP contribution in [0.5, 0.6) is 0 Å². The Morgan fingerprint density at radius 1 is 1.33 bits per heavy atom. The van der Waals surface area contributed by atoms with Gasteiger partial charge >= 0.3 is 0 Å². The van der Waals surface area contributed by atoms with E-state index in [1.807, 2.05) is 31.9 Å². The van der Waals surface area contributed by atoms with E-state index in [1.54, 1.807) is 24.5 Å². The highest BCUT2D eigenvalue weighted by Gasteiger charge is 2.17. The zero-order chi connectivity index (χ0) is 17.7. The average Bonchev–Trinajstić information content (AvgIpc) is 2.58. The topological polar surface area (TPSA) is 39.4 Å². The lowest BCUT2D eigenvalue weighted by Crippen LogP contribution is -2.14. The van der Waals surface area contributed by atoms with Crippen LogP contribution in [0.15, 0.2) is 41.4 Å². The molecule has 5 heteroatoms. The molecule has 0 saturated carbocycles. The van der Waals surface area contributed by atoms with Gasteiger partial charge in [0, 0.05) is 13.6 Å². The molecule has 0 radical (unpaired) electrons. The standard InChI is InChI=1S/C19H19ClFN3/c1-4-24(3)12-23-19-9-13(2)16(10-18(19)20)17(11-22)14-5-7-15(21)8-6-14/h5-10,12,17H,4H2,1-3H3/b23-12-. The Kier molecular flexibility index (Phi) is 5.94. The van der Waals surface area contributed by atoms with Gasteiger partial charge in [0.25, 0.3) is 0 Å². The zero-order valence-corrected chi connectivity index (χ0v) is 14.7. The first kappa shape index (κ1) is 18.0. The third kappa shape index (κ3) is 4.12. The van der Waals surface area contributed by atoms with Gasteiger partial charge in [-0.25, -0.2) is 9.38 Å². The molecule has 3 nitrogen and oxygen atoms in total. The van der Waals surface area contributed by atoms with E-state index in [0.717, 1.165) is 23.2 Å². The molecule has 0 aromatic heterocycles. The van der Waals surface area contributed by atoms with Gasteiger partial charge in [-0.1, -0.05) is 23.7 Å². The Morgan fingerprint density at radius 3 is 2.58 bits per heavy atom. The summed E-state index contributed by atoms with van der Waals surface area (Å²) in [4.78, 5) is 6.33. The van der Waals surface area contributed by atoms with Crippen molar-refractivity contribution < 1.29 is 4.39 Å². The summed E-state index contributed by atoms with van der Waals surface area (Å²) in [6.45, 7) is 4.80. The lowest BCUT2D eigenvalue weighted by Gasteiger charge is -2.15. The number of hydrogen-bond donors (Lipinski definition) is 0. The van der Waals surface area contributed by atoms with Gasteiger partial charge in [-0.3, -0.25) is 0 Å². The maximum Gasteiger partial charge on any atom is 0.123 e. The molecule has 0 fully saturated rings. The summed E-state index contributed by atoms with van der Waals surface area (Å²) in [5.41, 5.74) is 3.12. The Hall–Kier alpha value is -2.38. The summed E-state index contributed by atoms with van der Waals surface area (Å²) in [5, 5.41) is 10.1. The van der Waals surface area contributed by atoms with Crippen LogP contribution in [0.2, 0.25) is 5.02 Å². The molecule has 124 valence electrons. The van der Waals surface area contributed by atoms with Crippen molar-refractivity contribution in [3.63, 3.8) is 0 Å². The molecule has 2 aromatic rings. The number of aliphatic imine (C=N–C) groups is 1. The lowest BCUT2D eigenvalue weighted by molar-refractivity contribution is 0.552. The van der Waals surface area contributed by atoms with Crippen LogP contribution < -0.4 is 0 Å². The second-order valence-corrected chi connectivity index (χ2v) is 6.00. The maximum absolute atomic E-state index is 13.1. The van der Waals surface area contributed by atoms with Crippen LogP contribution in [0.1, 0.15) is 29.5 Å². The van der Waals surface area contributed by atoms with Gasteiger partial charge in [0.15, 0.2) is 0 Å². The first-order valence-corrected chi connectivity index (χ1v) is 8.03. The quantitative estimate of drug-likeness (QED) is 0.562. The Balaban J connectivity index is 2.40.